The van der Waals surface area contributed by atoms with E-state index in [0.717, 1.165) is 18.7 Å². The largest absolute Gasteiger partial charge is 0.387 e. The van der Waals surface area contributed by atoms with E-state index < -0.39 is 0 Å². The topological polar surface area (TPSA) is 15.3 Å². The van der Waals surface area contributed by atoms with Gasteiger partial charge in [0.1, 0.15) is 0 Å². The van der Waals surface area contributed by atoms with E-state index in [4.69, 9.17) is 0 Å². The summed E-state index contributed by atoms with van der Waals surface area (Å²) in [4.78, 5) is 2.16. The summed E-state index contributed by atoms with van der Waals surface area (Å²) >= 11 is 0. The molecule has 0 bridgehead atoms. The van der Waals surface area contributed by atoms with Crippen LogP contribution in [0.3, 0.4) is 0 Å². The Bertz CT molecular complexity index is 194. The van der Waals surface area contributed by atoms with Crippen molar-refractivity contribution in [2.75, 3.05) is 20.6 Å². The third kappa shape index (κ3) is 4.95. The van der Waals surface area contributed by atoms with Crippen LogP contribution in [0.5, 0.6) is 0 Å². The first-order valence-electron chi connectivity index (χ1n) is 5.43. The van der Waals surface area contributed by atoms with Crippen molar-refractivity contribution in [1.29, 1.82) is 0 Å². The molecule has 0 aliphatic rings. The van der Waals surface area contributed by atoms with Gasteiger partial charge in [-0.3, -0.25) is 0 Å². The molecule has 0 saturated heterocycles. The molecule has 2 nitrogen and oxygen atoms in total. The number of hydrogen-bond donors (Lipinski definition) is 1. The van der Waals surface area contributed by atoms with Gasteiger partial charge >= 0.3 is 0 Å². The molecule has 0 unspecified atom stereocenters. The summed E-state index contributed by atoms with van der Waals surface area (Å²) in [5.41, 5.74) is 2.36. The van der Waals surface area contributed by atoms with E-state index in [2.05, 4.69) is 43.9 Å². The highest BCUT2D eigenvalue weighted by atomic mass is 15.1. The van der Waals surface area contributed by atoms with Crippen LogP contribution < -0.4 is 5.32 Å². The molecule has 0 aromatic rings. The van der Waals surface area contributed by atoms with Crippen LogP contribution in [0, 0.1) is 0 Å². The third-order valence-electron chi connectivity index (χ3n) is 2.33. The molecule has 14 heavy (non-hydrogen) atoms. The molecular formula is C12H24N2. The number of hydrogen-bond acceptors (Lipinski definition) is 2. The Labute approximate surface area is 88.7 Å². The zero-order chi connectivity index (χ0) is 11.0. The zero-order valence-electron chi connectivity index (χ0n) is 10.1. The van der Waals surface area contributed by atoms with Crippen molar-refractivity contribution in [2.24, 2.45) is 0 Å². The van der Waals surface area contributed by atoms with Gasteiger partial charge in [-0.15, -0.1) is 0 Å². The molecule has 0 amide bonds. The molecule has 0 rings (SSSR count). The van der Waals surface area contributed by atoms with Crippen LogP contribution in [0.25, 0.3) is 0 Å². The molecule has 0 heterocycles. The highest BCUT2D eigenvalue weighted by Gasteiger charge is 2.00. The maximum atomic E-state index is 4.09. The number of allylic oxidation sites excluding steroid dienone is 1. The molecule has 0 aromatic carbocycles. The Hall–Kier alpha value is -0.920. The number of unbranched alkanes of at least 4 members (excludes halogenated alkanes) is 1. The monoisotopic (exact) mass is 196 g/mol. The lowest BCUT2D eigenvalue weighted by atomic mass is 10.1. The standard InChI is InChI=1S/C12H24N2/c1-6-8-9-11(3)12(13-4)10-14(5)7-2/h10,13H,3,6-9H2,1-2,4-5H3/b12-10-. The summed E-state index contributed by atoms with van der Waals surface area (Å²) in [5, 5.41) is 3.20. The van der Waals surface area contributed by atoms with Crippen LogP contribution in [0.15, 0.2) is 24.0 Å². The number of nitrogens with one attached hydrogen (secondary N) is 1. The second kappa shape index (κ2) is 7.48. The predicted molar refractivity (Wildman–Crippen MR) is 64.1 cm³/mol. The average Bonchev–Trinajstić information content (AvgIpc) is 2.21. The van der Waals surface area contributed by atoms with Crippen LogP contribution >= 0.6 is 0 Å². The fourth-order valence-corrected chi connectivity index (χ4v) is 1.17. The van der Waals surface area contributed by atoms with Crippen molar-refractivity contribution < 1.29 is 0 Å². The van der Waals surface area contributed by atoms with E-state index in [9.17, 15) is 0 Å². The van der Waals surface area contributed by atoms with Crippen molar-refractivity contribution in [3.05, 3.63) is 24.0 Å². The maximum Gasteiger partial charge on any atom is 0.0525 e. The Morgan fingerprint density at radius 3 is 2.50 bits per heavy atom. The smallest absolute Gasteiger partial charge is 0.0525 e. The predicted octanol–water partition coefficient (Wildman–Crippen LogP) is 2.75. The normalized spacial score (nSPS) is 11.3. The summed E-state index contributed by atoms with van der Waals surface area (Å²) in [6, 6.07) is 0. The lowest BCUT2D eigenvalue weighted by Crippen LogP contribution is -2.16. The Kier molecular flexibility index (Phi) is 6.99. The number of rotatable bonds is 7. The van der Waals surface area contributed by atoms with Crippen LogP contribution in [-0.4, -0.2) is 25.5 Å². The summed E-state index contributed by atoms with van der Waals surface area (Å²) in [7, 11) is 4.02. The first kappa shape index (κ1) is 13.1. The SMILES string of the molecule is C=C(CCCC)/C(=C/N(C)CC)NC. The molecule has 0 fully saturated rings. The lowest BCUT2D eigenvalue weighted by molar-refractivity contribution is 0.477. The minimum Gasteiger partial charge on any atom is -0.387 e. The molecule has 0 aliphatic heterocycles. The van der Waals surface area contributed by atoms with Gasteiger partial charge in [0, 0.05) is 26.8 Å². The van der Waals surface area contributed by atoms with Crippen molar-refractivity contribution in [3.63, 3.8) is 0 Å². The van der Waals surface area contributed by atoms with Gasteiger partial charge in [-0.05, 0) is 25.3 Å². The number of nitrogens with zero attached hydrogens (tertiary/aromatic N) is 1. The van der Waals surface area contributed by atoms with Gasteiger partial charge in [-0.1, -0.05) is 19.9 Å². The second-order valence-electron chi connectivity index (χ2n) is 3.57. The Morgan fingerprint density at radius 1 is 1.43 bits per heavy atom. The van der Waals surface area contributed by atoms with Crippen LogP contribution in [-0.2, 0) is 0 Å². The molecule has 0 radical (unpaired) electrons. The van der Waals surface area contributed by atoms with Gasteiger partial charge in [-0.25, -0.2) is 0 Å². The van der Waals surface area contributed by atoms with Gasteiger partial charge in [-0.2, -0.15) is 0 Å². The van der Waals surface area contributed by atoms with Crippen molar-refractivity contribution >= 4 is 0 Å². The van der Waals surface area contributed by atoms with E-state index in [1.807, 2.05) is 7.05 Å². The van der Waals surface area contributed by atoms with Gasteiger partial charge in [0.15, 0.2) is 0 Å². The van der Waals surface area contributed by atoms with Gasteiger partial charge in [0.2, 0.25) is 0 Å². The molecule has 0 aliphatic carbocycles. The van der Waals surface area contributed by atoms with Crippen molar-refractivity contribution in [1.82, 2.24) is 10.2 Å². The second-order valence-corrected chi connectivity index (χ2v) is 3.57. The Balaban J connectivity index is 4.24. The minimum absolute atomic E-state index is 1.02. The zero-order valence-corrected chi connectivity index (χ0v) is 10.1. The summed E-state index contributed by atoms with van der Waals surface area (Å²) in [5.74, 6) is 0. The van der Waals surface area contributed by atoms with E-state index in [0.29, 0.717) is 0 Å². The highest BCUT2D eigenvalue weighted by Crippen LogP contribution is 2.12. The van der Waals surface area contributed by atoms with Crippen LogP contribution in [0.4, 0.5) is 0 Å². The number of likely N-dealkylation sites (N-methyl/N-ethyl adjacent to an activating group) is 1. The van der Waals surface area contributed by atoms with E-state index >= 15 is 0 Å². The minimum atomic E-state index is 1.02. The van der Waals surface area contributed by atoms with E-state index in [1.54, 1.807) is 0 Å². The lowest BCUT2D eigenvalue weighted by Gasteiger charge is -2.16. The van der Waals surface area contributed by atoms with Crippen molar-refractivity contribution in [3.8, 4) is 0 Å². The van der Waals surface area contributed by atoms with Gasteiger partial charge in [0.05, 0.1) is 5.70 Å². The Morgan fingerprint density at radius 2 is 2.07 bits per heavy atom. The maximum absolute atomic E-state index is 4.09. The molecule has 0 spiro atoms. The van der Waals surface area contributed by atoms with E-state index in [-0.39, 0.29) is 0 Å². The van der Waals surface area contributed by atoms with Gasteiger partial charge in [0.25, 0.3) is 0 Å². The van der Waals surface area contributed by atoms with Crippen molar-refractivity contribution in [2.45, 2.75) is 33.1 Å². The first-order valence-corrected chi connectivity index (χ1v) is 5.43. The molecule has 0 aromatic heterocycles. The molecule has 1 N–H and O–H groups in total. The molecule has 0 saturated carbocycles. The molecule has 0 atom stereocenters. The third-order valence-corrected chi connectivity index (χ3v) is 2.33. The van der Waals surface area contributed by atoms with Crippen LogP contribution in [0.1, 0.15) is 33.1 Å². The fraction of sp³-hybridized carbons (Fsp3) is 0.667. The average molecular weight is 196 g/mol. The summed E-state index contributed by atoms with van der Waals surface area (Å²) in [6.07, 6.45) is 5.64. The molecular weight excluding hydrogens is 172 g/mol. The van der Waals surface area contributed by atoms with Crippen LogP contribution in [0.2, 0.25) is 0 Å². The van der Waals surface area contributed by atoms with E-state index in [1.165, 1.54) is 18.4 Å². The quantitative estimate of drug-likeness (QED) is 0.630. The fourth-order valence-electron chi connectivity index (χ4n) is 1.17. The van der Waals surface area contributed by atoms with Gasteiger partial charge < -0.3 is 10.2 Å². The summed E-state index contributed by atoms with van der Waals surface area (Å²) < 4.78 is 0. The molecule has 82 valence electrons. The highest BCUT2D eigenvalue weighted by molar-refractivity contribution is 5.25. The molecule has 2 heteroatoms. The first-order chi connectivity index (χ1) is 6.65. The summed E-state index contributed by atoms with van der Waals surface area (Å²) in [6.45, 7) is 9.45.